The van der Waals surface area contributed by atoms with Crippen LogP contribution in [0.3, 0.4) is 0 Å². The molecular weight excluding hydrogens is 350 g/mol. The Bertz CT molecular complexity index is 733. The summed E-state index contributed by atoms with van der Waals surface area (Å²) in [5.41, 5.74) is 11.5. The molecule has 0 unspecified atom stereocenters. The number of hydrogen-bond donors (Lipinski definition) is 2. The predicted octanol–water partition coefficient (Wildman–Crippen LogP) is 5.26. The molecule has 0 heterocycles. The van der Waals surface area contributed by atoms with Gasteiger partial charge >= 0.3 is 0 Å². The summed E-state index contributed by atoms with van der Waals surface area (Å²) in [4.78, 5) is 0. The zero-order valence-corrected chi connectivity index (χ0v) is 18.5. The van der Waals surface area contributed by atoms with Gasteiger partial charge in [0, 0.05) is 0 Å². The van der Waals surface area contributed by atoms with Crippen LogP contribution in [0.1, 0.15) is 43.9 Å². The van der Waals surface area contributed by atoms with E-state index >= 15 is 0 Å². The summed E-state index contributed by atoms with van der Waals surface area (Å²) in [6.45, 7) is 12.8. The standard InChI is InChI=1S/C23H35NO2Si/c1-23(2,3)27(4,5)26-17-18-8-11-20(12-9-18)22-13-10-19(16-25)15-21(22)7-6-14-24/h8-13,15,25H,6-7,14,16-17,24H2,1-5H3. The van der Waals surface area contributed by atoms with E-state index in [1.165, 1.54) is 22.3 Å². The summed E-state index contributed by atoms with van der Waals surface area (Å²) < 4.78 is 6.33. The second-order valence-electron chi connectivity index (χ2n) is 8.79. The van der Waals surface area contributed by atoms with Crippen molar-refractivity contribution in [1.29, 1.82) is 0 Å². The van der Waals surface area contributed by atoms with Gasteiger partial charge in [0.1, 0.15) is 0 Å². The number of nitrogens with two attached hydrogens (primary N) is 1. The Morgan fingerprint density at radius 3 is 2.19 bits per heavy atom. The van der Waals surface area contributed by atoms with Crippen LogP contribution in [0.2, 0.25) is 18.1 Å². The minimum atomic E-state index is -1.74. The van der Waals surface area contributed by atoms with E-state index in [1.807, 2.05) is 6.07 Å². The second kappa shape index (κ2) is 9.15. The van der Waals surface area contributed by atoms with Gasteiger partial charge in [-0.1, -0.05) is 63.2 Å². The summed E-state index contributed by atoms with van der Waals surface area (Å²) in [5.74, 6) is 0. The summed E-state index contributed by atoms with van der Waals surface area (Å²) in [6, 6.07) is 14.9. The fraction of sp³-hybridized carbons (Fsp3) is 0.478. The van der Waals surface area contributed by atoms with Crippen LogP contribution in [0.25, 0.3) is 11.1 Å². The monoisotopic (exact) mass is 385 g/mol. The first-order chi connectivity index (χ1) is 12.7. The smallest absolute Gasteiger partial charge is 0.192 e. The molecule has 0 amide bonds. The van der Waals surface area contributed by atoms with Crippen molar-refractivity contribution in [1.82, 2.24) is 0 Å². The van der Waals surface area contributed by atoms with E-state index in [4.69, 9.17) is 10.2 Å². The summed E-state index contributed by atoms with van der Waals surface area (Å²) in [6.07, 6.45) is 1.87. The third kappa shape index (κ3) is 5.75. The van der Waals surface area contributed by atoms with E-state index in [9.17, 15) is 5.11 Å². The van der Waals surface area contributed by atoms with Gasteiger partial charge in [-0.25, -0.2) is 0 Å². The second-order valence-corrected chi connectivity index (χ2v) is 13.6. The van der Waals surface area contributed by atoms with Gasteiger partial charge in [0.2, 0.25) is 0 Å². The van der Waals surface area contributed by atoms with Gasteiger partial charge in [-0.15, -0.1) is 0 Å². The minimum absolute atomic E-state index is 0.0691. The lowest BCUT2D eigenvalue weighted by molar-refractivity contribution is 0.276. The molecule has 0 atom stereocenters. The normalized spacial score (nSPS) is 12.4. The lowest BCUT2D eigenvalue weighted by Gasteiger charge is -2.36. The Hall–Kier alpha value is -1.46. The van der Waals surface area contributed by atoms with Gasteiger partial charge in [-0.05, 0) is 65.3 Å². The number of benzene rings is 2. The molecule has 0 fully saturated rings. The molecule has 0 saturated heterocycles. The number of aliphatic hydroxyl groups excluding tert-OH is 1. The highest BCUT2D eigenvalue weighted by Crippen LogP contribution is 2.37. The maximum Gasteiger partial charge on any atom is 0.192 e. The molecule has 0 aliphatic heterocycles. The molecule has 3 nitrogen and oxygen atoms in total. The maximum absolute atomic E-state index is 9.43. The Morgan fingerprint density at radius 2 is 1.63 bits per heavy atom. The average Bonchev–Trinajstić information content (AvgIpc) is 2.64. The van der Waals surface area contributed by atoms with E-state index in [0.717, 1.165) is 18.4 Å². The summed E-state index contributed by atoms with van der Waals surface area (Å²) in [7, 11) is -1.74. The van der Waals surface area contributed by atoms with Crippen LogP contribution >= 0.6 is 0 Å². The minimum Gasteiger partial charge on any atom is -0.413 e. The van der Waals surface area contributed by atoms with E-state index in [2.05, 4.69) is 70.3 Å². The van der Waals surface area contributed by atoms with Crippen molar-refractivity contribution in [3.8, 4) is 11.1 Å². The first kappa shape index (κ1) is 21.8. The van der Waals surface area contributed by atoms with Crippen LogP contribution < -0.4 is 5.73 Å². The molecular formula is C23H35NO2Si. The molecule has 0 bridgehead atoms. The molecule has 2 aromatic carbocycles. The molecule has 0 radical (unpaired) electrons. The highest BCUT2D eigenvalue weighted by atomic mass is 28.4. The van der Waals surface area contributed by atoms with E-state index in [1.54, 1.807) is 0 Å². The van der Waals surface area contributed by atoms with E-state index in [0.29, 0.717) is 13.2 Å². The fourth-order valence-electron chi connectivity index (χ4n) is 2.79. The van der Waals surface area contributed by atoms with Gasteiger partial charge in [-0.3, -0.25) is 0 Å². The third-order valence-corrected chi connectivity index (χ3v) is 10.2. The van der Waals surface area contributed by atoms with Crippen molar-refractivity contribution in [3.63, 3.8) is 0 Å². The Balaban J connectivity index is 2.17. The van der Waals surface area contributed by atoms with Crippen LogP contribution in [0.5, 0.6) is 0 Å². The Morgan fingerprint density at radius 1 is 1.00 bits per heavy atom. The molecule has 3 N–H and O–H groups in total. The van der Waals surface area contributed by atoms with E-state index < -0.39 is 8.32 Å². The molecule has 148 valence electrons. The molecule has 0 aromatic heterocycles. The zero-order chi connectivity index (χ0) is 20.1. The zero-order valence-electron chi connectivity index (χ0n) is 17.5. The molecule has 0 saturated carbocycles. The van der Waals surface area contributed by atoms with Crippen LogP contribution in [-0.2, 0) is 24.1 Å². The van der Waals surface area contributed by atoms with Crippen molar-refractivity contribution in [2.24, 2.45) is 5.73 Å². The quantitative estimate of drug-likeness (QED) is 0.610. The van der Waals surface area contributed by atoms with Gasteiger partial charge in [0.15, 0.2) is 8.32 Å². The molecule has 4 heteroatoms. The van der Waals surface area contributed by atoms with E-state index in [-0.39, 0.29) is 11.6 Å². The maximum atomic E-state index is 9.43. The topological polar surface area (TPSA) is 55.5 Å². The van der Waals surface area contributed by atoms with Crippen LogP contribution in [-0.4, -0.2) is 20.0 Å². The Kier molecular flexibility index (Phi) is 7.40. The van der Waals surface area contributed by atoms with Crippen LogP contribution in [0, 0.1) is 0 Å². The lowest BCUT2D eigenvalue weighted by Crippen LogP contribution is -2.40. The predicted molar refractivity (Wildman–Crippen MR) is 117 cm³/mol. The number of hydrogen-bond acceptors (Lipinski definition) is 3. The van der Waals surface area contributed by atoms with Crippen LogP contribution in [0.15, 0.2) is 42.5 Å². The first-order valence-corrected chi connectivity index (χ1v) is 12.7. The Labute approximate surface area is 165 Å². The lowest BCUT2D eigenvalue weighted by atomic mass is 9.94. The van der Waals surface area contributed by atoms with Gasteiger partial charge in [-0.2, -0.15) is 0 Å². The van der Waals surface area contributed by atoms with Gasteiger partial charge < -0.3 is 15.3 Å². The summed E-state index contributed by atoms with van der Waals surface area (Å²) in [5, 5.41) is 9.65. The highest BCUT2D eigenvalue weighted by Gasteiger charge is 2.36. The molecule has 2 rings (SSSR count). The number of rotatable bonds is 8. The van der Waals surface area contributed by atoms with Gasteiger partial charge in [0.25, 0.3) is 0 Å². The molecule has 0 aliphatic carbocycles. The largest absolute Gasteiger partial charge is 0.413 e. The van der Waals surface area contributed by atoms with Crippen molar-refractivity contribution >= 4 is 8.32 Å². The molecule has 0 aliphatic rings. The third-order valence-electron chi connectivity index (χ3n) is 5.67. The molecule has 27 heavy (non-hydrogen) atoms. The first-order valence-electron chi connectivity index (χ1n) is 9.84. The summed E-state index contributed by atoms with van der Waals surface area (Å²) >= 11 is 0. The molecule has 0 spiro atoms. The number of aliphatic hydroxyl groups is 1. The van der Waals surface area contributed by atoms with Crippen molar-refractivity contribution in [2.75, 3.05) is 6.54 Å². The van der Waals surface area contributed by atoms with Crippen molar-refractivity contribution < 1.29 is 9.53 Å². The SMILES string of the molecule is CC(C)(C)[Si](C)(C)OCc1ccc(-c2ccc(CO)cc2CCCN)cc1. The van der Waals surface area contributed by atoms with Crippen molar-refractivity contribution in [2.45, 2.75) is 65.0 Å². The van der Waals surface area contributed by atoms with Crippen molar-refractivity contribution in [3.05, 3.63) is 59.2 Å². The highest BCUT2D eigenvalue weighted by molar-refractivity contribution is 6.74. The van der Waals surface area contributed by atoms with Gasteiger partial charge in [0.05, 0.1) is 13.2 Å². The fourth-order valence-corrected chi connectivity index (χ4v) is 3.75. The molecule has 2 aromatic rings. The van der Waals surface area contributed by atoms with Crippen LogP contribution in [0.4, 0.5) is 0 Å². The average molecular weight is 386 g/mol. The number of aryl methyl sites for hydroxylation is 1.